The molecule has 0 unspecified atom stereocenters. The Morgan fingerprint density at radius 1 is 1.62 bits per heavy atom. The molecule has 1 saturated heterocycles. The molecule has 72 valence electrons. The highest BCUT2D eigenvalue weighted by atomic mass is 15.3. The van der Waals surface area contributed by atoms with Crippen molar-refractivity contribution in [3.05, 3.63) is 12.4 Å². The Bertz CT molecular complexity index is 281. The molecule has 0 saturated carbocycles. The molecule has 1 aromatic heterocycles. The van der Waals surface area contributed by atoms with Crippen LogP contribution in [0.1, 0.15) is 6.92 Å². The van der Waals surface area contributed by atoms with E-state index in [1.165, 1.54) is 0 Å². The molecule has 0 spiro atoms. The molecule has 1 aromatic rings. The summed E-state index contributed by atoms with van der Waals surface area (Å²) in [6.45, 7) is 5.37. The monoisotopic (exact) mass is 180 g/mol. The van der Waals surface area contributed by atoms with Gasteiger partial charge in [-0.05, 0) is 6.92 Å². The number of rotatable bonds is 1. The van der Waals surface area contributed by atoms with Gasteiger partial charge in [0.25, 0.3) is 0 Å². The summed E-state index contributed by atoms with van der Waals surface area (Å²) >= 11 is 0. The van der Waals surface area contributed by atoms with Gasteiger partial charge in [0.2, 0.25) is 5.95 Å². The Labute approximate surface area is 78.6 Å². The molecule has 4 heteroatoms. The van der Waals surface area contributed by atoms with Gasteiger partial charge in [-0.25, -0.2) is 4.98 Å². The number of hydrogen-bond acceptors (Lipinski definition) is 3. The largest absolute Gasteiger partial charge is 0.337 e. The highest BCUT2D eigenvalue weighted by Crippen LogP contribution is 2.14. The van der Waals surface area contributed by atoms with Gasteiger partial charge in [0.15, 0.2) is 0 Å². The van der Waals surface area contributed by atoms with E-state index >= 15 is 0 Å². The fraction of sp³-hybridized carbons (Fsp3) is 0.667. The quantitative estimate of drug-likeness (QED) is 0.671. The summed E-state index contributed by atoms with van der Waals surface area (Å²) in [4.78, 5) is 6.69. The molecule has 2 rings (SSSR count). The molecule has 1 fully saturated rings. The lowest BCUT2D eigenvalue weighted by molar-refractivity contribution is 0.489. The standard InChI is InChI=1S/C9H16N4/c1-8-7-10-3-6-13(8)9-11-4-5-12(9)2/h4-5,8,10H,3,6-7H2,1-2H3/t8-/m0/s1. The highest BCUT2D eigenvalue weighted by molar-refractivity contribution is 5.33. The molecule has 1 aliphatic rings. The molecule has 1 N–H and O–H groups in total. The second-order valence-electron chi connectivity index (χ2n) is 3.58. The first-order valence-electron chi connectivity index (χ1n) is 4.73. The summed E-state index contributed by atoms with van der Waals surface area (Å²) in [6.07, 6.45) is 3.84. The molecule has 13 heavy (non-hydrogen) atoms. The zero-order chi connectivity index (χ0) is 9.26. The molecule has 0 bridgehead atoms. The van der Waals surface area contributed by atoms with Gasteiger partial charge in [-0.15, -0.1) is 0 Å². The van der Waals surface area contributed by atoms with Crippen molar-refractivity contribution in [1.29, 1.82) is 0 Å². The lowest BCUT2D eigenvalue weighted by Gasteiger charge is -2.34. The van der Waals surface area contributed by atoms with Crippen LogP contribution in [0.2, 0.25) is 0 Å². The van der Waals surface area contributed by atoms with E-state index < -0.39 is 0 Å². The molecule has 0 aromatic carbocycles. The molecule has 4 nitrogen and oxygen atoms in total. The van der Waals surface area contributed by atoms with Crippen molar-refractivity contribution < 1.29 is 0 Å². The first-order valence-corrected chi connectivity index (χ1v) is 4.73. The molecule has 1 aliphatic heterocycles. The first kappa shape index (κ1) is 8.56. The molecule has 1 atom stereocenters. The van der Waals surface area contributed by atoms with Crippen molar-refractivity contribution in [3.8, 4) is 0 Å². The van der Waals surface area contributed by atoms with Crippen LogP contribution < -0.4 is 10.2 Å². The summed E-state index contributed by atoms with van der Waals surface area (Å²) in [5.41, 5.74) is 0. The summed E-state index contributed by atoms with van der Waals surface area (Å²) in [5.74, 6) is 1.08. The second kappa shape index (κ2) is 3.38. The molecular formula is C9H16N4. The molecule has 0 amide bonds. The van der Waals surface area contributed by atoms with E-state index in [0.717, 1.165) is 25.6 Å². The Kier molecular flexibility index (Phi) is 2.22. The lowest BCUT2D eigenvalue weighted by Crippen LogP contribution is -2.50. The summed E-state index contributed by atoms with van der Waals surface area (Å²) < 4.78 is 2.07. The van der Waals surface area contributed by atoms with Gasteiger partial charge >= 0.3 is 0 Å². The average molecular weight is 180 g/mol. The fourth-order valence-electron chi connectivity index (χ4n) is 1.77. The van der Waals surface area contributed by atoms with Gasteiger partial charge in [0, 0.05) is 45.1 Å². The van der Waals surface area contributed by atoms with Gasteiger partial charge in [0.05, 0.1) is 0 Å². The number of nitrogens with one attached hydrogen (secondary N) is 1. The van der Waals surface area contributed by atoms with E-state index in [1.807, 2.05) is 19.4 Å². The number of aromatic nitrogens is 2. The van der Waals surface area contributed by atoms with Crippen LogP contribution in [0.4, 0.5) is 5.95 Å². The number of anilines is 1. The number of imidazole rings is 1. The van der Waals surface area contributed by atoms with Crippen LogP contribution in [-0.2, 0) is 7.05 Å². The van der Waals surface area contributed by atoms with E-state index in [4.69, 9.17) is 0 Å². The third-order valence-corrected chi connectivity index (χ3v) is 2.55. The molecule has 0 radical (unpaired) electrons. The Balaban J connectivity index is 2.19. The van der Waals surface area contributed by atoms with Crippen LogP contribution in [0.5, 0.6) is 0 Å². The van der Waals surface area contributed by atoms with Crippen LogP contribution in [0, 0.1) is 0 Å². The fourth-order valence-corrected chi connectivity index (χ4v) is 1.77. The van der Waals surface area contributed by atoms with Crippen molar-refractivity contribution in [1.82, 2.24) is 14.9 Å². The van der Waals surface area contributed by atoms with Crippen molar-refractivity contribution in [3.63, 3.8) is 0 Å². The Morgan fingerprint density at radius 3 is 3.08 bits per heavy atom. The zero-order valence-electron chi connectivity index (χ0n) is 8.20. The number of nitrogens with zero attached hydrogens (tertiary/aromatic N) is 3. The predicted octanol–water partition coefficient (Wildman–Crippen LogP) is 0.218. The maximum absolute atomic E-state index is 4.35. The molecule has 2 heterocycles. The summed E-state index contributed by atoms with van der Waals surface area (Å²) in [6, 6.07) is 0.537. The number of hydrogen-bond donors (Lipinski definition) is 1. The number of piperazine rings is 1. The normalized spacial score (nSPS) is 23.5. The van der Waals surface area contributed by atoms with Gasteiger partial charge in [-0.2, -0.15) is 0 Å². The van der Waals surface area contributed by atoms with Crippen LogP contribution in [0.15, 0.2) is 12.4 Å². The molecule has 0 aliphatic carbocycles. The summed E-state index contributed by atoms with van der Waals surface area (Å²) in [7, 11) is 2.04. The van der Waals surface area contributed by atoms with Gasteiger partial charge in [-0.1, -0.05) is 0 Å². The van der Waals surface area contributed by atoms with Crippen LogP contribution in [0.25, 0.3) is 0 Å². The van der Waals surface area contributed by atoms with Crippen molar-refractivity contribution >= 4 is 5.95 Å². The minimum Gasteiger partial charge on any atom is -0.337 e. The van der Waals surface area contributed by atoms with Crippen molar-refractivity contribution in [2.45, 2.75) is 13.0 Å². The van der Waals surface area contributed by atoms with E-state index in [9.17, 15) is 0 Å². The van der Waals surface area contributed by atoms with E-state index in [1.54, 1.807) is 0 Å². The zero-order valence-corrected chi connectivity index (χ0v) is 8.20. The third kappa shape index (κ3) is 1.54. The average Bonchev–Trinajstić information content (AvgIpc) is 2.52. The number of aryl methyl sites for hydroxylation is 1. The maximum atomic E-state index is 4.35. The van der Waals surface area contributed by atoms with Crippen LogP contribution in [-0.4, -0.2) is 35.2 Å². The SMILES string of the molecule is C[C@H]1CNCCN1c1nccn1C. The van der Waals surface area contributed by atoms with Crippen LogP contribution >= 0.6 is 0 Å². The lowest BCUT2D eigenvalue weighted by atomic mass is 10.2. The topological polar surface area (TPSA) is 33.1 Å². The van der Waals surface area contributed by atoms with E-state index in [2.05, 4.69) is 26.7 Å². The summed E-state index contributed by atoms with van der Waals surface area (Å²) in [5, 5.41) is 3.37. The van der Waals surface area contributed by atoms with Crippen molar-refractivity contribution in [2.24, 2.45) is 7.05 Å². The smallest absolute Gasteiger partial charge is 0.205 e. The highest BCUT2D eigenvalue weighted by Gasteiger charge is 2.20. The predicted molar refractivity (Wildman–Crippen MR) is 52.9 cm³/mol. The molecular weight excluding hydrogens is 164 g/mol. The maximum Gasteiger partial charge on any atom is 0.205 e. The van der Waals surface area contributed by atoms with Gasteiger partial charge < -0.3 is 14.8 Å². The second-order valence-corrected chi connectivity index (χ2v) is 3.58. The minimum absolute atomic E-state index is 0.537. The Morgan fingerprint density at radius 2 is 2.46 bits per heavy atom. The van der Waals surface area contributed by atoms with Crippen molar-refractivity contribution in [2.75, 3.05) is 24.5 Å². The Hall–Kier alpha value is -1.03. The van der Waals surface area contributed by atoms with Gasteiger partial charge in [0.1, 0.15) is 0 Å². The third-order valence-electron chi connectivity index (χ3n) is 2.55. The van der Waals surface area contributed by atoms with E-state index in [-0.39, 0.29) is 0 Å². The first-order chi connectivity index (χ1) is 6.29. The van der Waals surface area contributed by atoms with Crippen LogP contribution in [0.3, 0.4) is 0 Å². The van der Waals surface area contributed by atoms with E-state index in [0.29, 0.717) is 6.04 Å². The minimum atomic E-state index is 0.537. The van der Waals surface area contributed by atoms with Gasteiger partial charge in [-0.3, -0.25) is 0 Å².